The van der Waals surface area contributed by atoms with Crippen molar-refractivity contribution in [2.75, 3.05) is 18.4 Å². The van der Waals surface area contributed by atoms with Crippen molar-refractivity contribution in [3.63, 3.8) is 0 Å². The minimum absolute atomic E-state index is 0.156. The number of hydrogen-bond donors (Lipinski definition) is 1. The number of rotatable bonds is 5. The predicted octanol–water partition coefficient (Wildman–Crippen LogP) is 2.91. The summed E-state index contributed by atoms with van der Waals surface area (Å²) in [6.45, 7) is 7.74. The first-order chi connectivity index (χ1) is 12.0. The largest absolute Gasteiger partial charge is 0.358 e. The van der Waals surface area contributed by atoms with Gasteiger partial charge in [0.15, 0.2) is 5.82 Å². The fraction of sp³-hybridized carbons (Fsp3) is 0.474. The number of nitrogens with zero attached hydrogens (tertiary/aromatic N) is 4. The molecule has 132 valence electrons. The lowest BCUT2D eigenvalue weighted by molar-refractivity contribution is -0.131. The van der Waals surface area contributed by atoms with Crippen molar-refractivity contribution >= 4 is 11.7 Å². The molecule has 1 fully saturated rings. The molecular formula is C19H25N5O. The molecular weight excluding hydrogens is 314 g/mol. The fourth-order valence-corrected chi connectivity index (χ4v) is 3.06. The fourth-order valence-electron chi connectivity index (χ4n) is 3.06. The Morgan fingerprint density at radius 3 is 2.60 bits per heavy atom. The van der Waals surface area contributed by atoms with E-state index >= 15 is 0 Å². The third-order valence-electron chi connectivity index (χ3n) is 4.40. The second kappa shape index (κ2) is 7.59. The van der Waals surface area contributed by atoms with Crippen LogP contribution >= 0.6 is 0 Å². The number of aromatic nitrogens is 3. The number of carbonyl (C=O) groups excluding carboxylic acids is 1. The Labute approximate surface area is 148 Å². The van der Waals surface area contributed by atoms with E-state index in [0.717, 1.165) is 37.3 Å². The summed E-state index contributed by atoms with van der Waals surface area (Å²) in [6, 6.07) is 7.24. The van der Waals surface area contributed by atoms with E-state index in [1.165, 1.54) is 0 Å². The summed E-state index contributed by atoms with van der Waals surface area (Å²) >= 11 is 0. The molecule has 0 aliphatic carbocycles. The summed E-state index contributed by atoms with van der Waals surface area (Å²) in [5.74, 6) is 1.56. The van der Waals surface area contributed by atoms with Crippen LogP contribution in [0.15, 0.2) is 30.5 Å². The molecule has 0 aromatic carbocycles. The van der Waals surface area contributed by atoms with E-state index in [1.54, 1.807) is 6.20 Å². The maximum Gasteiger partial charge on any atom is 0.245 e. The van der Waals surface area contributed by atoms with Crippen LogP contribution in [0, 0.1) is 12.8 Å². The van der Waals surface area contributed by atoms with Gasteiger partial charge in [-0.3, -0.25) is 9.78 Å². The van der Waals surface area contributed by atoms with Crippen LogP contribution in [0.4, 0.5) is 5.82 Å². The molecule has 0 radical (unpaired) electrons. The van der Waals surface area contributed by atoms with E-state index in [2.05, 4.69) is 34.1 Å². The summed E-state index contributed by atoms with van der Waals surface area (Å²) in [5, 5.41) is 3.34. The van der Waals surface area contributed by atoms with Gasteiger partial charge in [0.2, 0.25) is 5.91 Å². The summed E-state index contributed by atoms with van der Waals surface area (Å²) in [7, 11) is 0. The maximum atomic E-state index is 12.8. The molecule has 1 aliphatic heterocycles. The number of hydrogen-bond acceptors (Lipinski definition) is 5. The van der Waals surface area contributed by atoms with Crippen LogP contribution in [-0.2, 0) is 4.79 Å². The lowest BCUT2D eigenvalue weighted by Gasteiger charge is -2.27. The first-order valence-corrected chi connectivity index (χ1v) is 8.87. The zero-order chi connectivity index (χ0) is 17.8. The van der Waals surface area contributed by atoms with Crippen LogP contribution in [0.1, 0.15) is 32.4 Å². The molecule has 25 heavy (non-hydrogen) atoms. The van der Waals surface area contributed by atoms with Gasteiger partial charge in [-0.1, -0.05) is 19.9 Å². The van der Waals surface area contributed by atoms with Crippen LogP contribution in [0.3, 0.4) is 0 Å². The number of aryl methyl sites for hydroxylation is 1. The molecule has 0 unspecified atom stereocenters. The first-order valence-electron chi connectivity index (χ1n) is 8.87. The average Bonchev–Trinajstić information content (AvgIpc) is 3.14. The lowest BCUT2D eigenvalue weighted by Crippen LogP contribution is -2.44. The Bertz CT molecular complexity index is 726. The minimum Gasteiger partial charge on any atom is -0.358 e. The molecule has 0 saturated carbocycles. The van der Waals surface area contributed by atoms with Crippen molar-refractivity contribution in [1.82, 2.24) is 19.9 Å². The Kier molecular flexibility index (Phi) is 5.26. The van der Waals surface area contributed by atoms with Gasteiger partial charge in [0, 0.05) is 31.0 Å². The molecule has 1 saturated heterocycles. The van der Waals surface area contributed by atoms with Gasteiger partial charge in [-0.05, 0) is 37.8 Å². The van der Waals surface area contributed by atoms with Crippen LogP contribution < -0.4 is 5.32 Å². The Hall–Kier alpha value is -2.50. The molecule has 6 heteroatoms. The third kappa shape index (κ3) is 4.13. The van der Waals surface area contributed by atoms with Crippen molar-refractivity contribution in [2.24, 2.45) is 5.92 Å². The van der Waals surface area contributed by atoms with Crippen LogP contribution in [0.2, 0.25) is 0 Å². The molecule has 1 atom stereocenters. The molecule has 1 N–H and O–H groups in total. The van der Waals surface area contributed by atoms with E-state index in [4.69, 9.17) is 0 Å². The van der Waals surface area contributed by atoms with E-state index in [0.29, 0.717) is 11.6 Å². The highest BCUT2D eigenvalue weighted by Crippen LogP contribution is 2.20. The highest BCUT2D eigenvalue weighted by Gasteiger charge is 2.29. The predicted molar refractivity (Wildman–Crippen MR) is 98.1 cm³/mol. The Morgan fingerprint density at radius 1 is 1.20 bits per heavy atom. The topological polar surface area (TPSA) is 71.0 Å². The van der Waals surface area contributed by atoms with Crippen molar-refractivity contribution in [2.45, 2.75) is 39.7 Å². The summed E-state index contributed by atoms with van der Waals surface area (Å²) in [6.07, 6.45) is 3.90. The molecule has 1 amide bonds. The van der Waals surface area contributed by atoms with Crippen molar-refractivity contribution < 1.29 is 4.79 Å². The monoisotopic (exact) mass is 339 g/mol. The second-order valence-corrected chi connectivity index (χ2v) is 6.83. The number of amides is 1. The van der Waals surface area contributed by atoms with Crippen LogP contribution in [0.5, 0.6) is 0 Å². The number of nitrogens with one attached hydrogen (secondary N) is 1. The van der Waals surface area contributed by atoms with Gasteiger partial charge >= 0.3 is 0 Å². The number of anilines is 1. The maximum absolute atomic E-state index is 12.8. The average molecular weight is 339 g/mol. The highest BCUT2D eigenvalue weighted by atomic mass is 16.2. The third-order valence-corrected chi connectivity index (χ3v) is 4.40. The van der Waals surface area contributed by atoms with Gasteiger partial charge in [0.25, 0.3) is 0 Å². The molecule has 3 rings (SSSR count). The SMILES string of the molecule is Cc1cc(N[C@H](C(=O)N2CCCC2)C(C)C)nc(-c2ccccn2)n1. The van der Waals surface area contributed by atoms with E-state index in [-0.39, 0.29) is 17.9 Å². The molecule has 2 aromatic heterocycles. The molecule has 0 bridgehead atoms. The van der Waals surface area contributed by atoms with Gasteiger partial charge in [0.05, 0.1) is 0 Å². The van der Waals surface area contributed by atoms with Crippen molar-refractivity contribution in [1.29, 1.82) is 0 Å². The molecule has 6 nitrogen and oxygen atoms in total. The standard InChI is InChI=1S/C19H25N5O/c1-13(2)17(19(25)24-10-6-7-11-24)22-16-12-14(3)21-18(23-16)15-8-4-5-9-20-15/h4-5,8-9,12-13,17H,6-7,10-11H2,1-3H3,(H,21,22,23)/t17-/m0/s1. The number of carbonyl (C=O) groups is 1. The normalized spacial score (nSPS) is 15.4. The Balaban J connectivity index is 1.84. The van der Waals surface area contributed by atoms with Gasteiger partial charge in [-0.25, -0.2) is 9.97 Å². The molecule has 2 aromatic rings. The zero-order valence-corrected chi connectivity index (χ0v) is 15.1. The number of pyridine rings is 1. The van der Waals surface area contributed by atoms with Gasteiger partial charge in [-0.2, -0.15) is 0 Å². The van der Waals surface area contributed by atoms with E-state index in [9.17, 15) is 4.79 Å². The van der Waals surface area contributed by atoms with Gasteiger partial charge < -0.3 is 10.2 Å². The molecule has 1 aliphatic rings. The quantitative estimate of drug-likeness (QED) is 0.907. The van der Waals surface area contributed by atoms with Crippen molar-refractivity contribution in [3.8, 4) is 11.5 Å². The van der Waals surface area contributed by atoms with E-state index in [1.807, 2.05) is 36.1 Å². The zero-order valence-electron chi connectivity index (χ0n) is 15.1. The van der Waals surface area contributed by atoms with Crippen LogP contribution in [-0.4, -0.2) is 44.9 Å². The summed E-state index contributed by atoms with van der Waals surface area (Å²) in [5.41, 5.74) is 1.57. The van der Waals surface area contributed by atoms with Crippen molar-refractivity contribution in [3.05, 3.63) is 36.2 Å². The first kappa shape index (κ1) is 17.3. The number of likely N-dealkylation sites (tertiary alicyclic amines) is 1. The molecule has 0 spiro atoms. The lowest BCUT2D eigenvalue weighted by atomic mass is 10.0. The second-order valence-electron chi connectivity index (χ2n) is 6.83. The summed E-state index contributed by atoms with van der Waals surface area (Å²) in [4.78, 5) is 28.2. The molecule has 3 heterocycles. The van der Waals surface area contributed by atoms with Crippen LogP contribution in [0.25, 0.3) is 11.5 Å². The summed E-state index contributed by atoms with van der Waals surface area (Å²) < 4.78 is 0. The smallest absolute Gasteiger partial charge is 0.245 e. The Morgan fingerprint density at radius 2 is 1.96 bits per heavy atom. The van der Waals surface area contributed by atoms with E-state index < -0.39 is 0 Å². The minimum atomic E-state index is -0.288. The van der Waals surface area contributed by atoms with Gasteiger partial charge in [-0.15, -0.1) is 0 Å². The highest BCUT2D eigenvalue weighted by molar-refractivity contribution is 5.85. The van der Waals surface area contributed by atoms with Gasteiger partial charge in [0.1, 0.15) is 17.6 Å².